The van der Waals surface area contributed by atoms with E-state index in [1.807, 2.05) is 82.3 Å². The Bertz CT molecular complexity index is 2310. The van der Waals surface area contributed by atoms with Gasteiger partial charge in [-0.1, -0.05) is 37.6 Å². The Morgan fingerprint density at radius 2 is 1.69 bits per heavy atom. The maximum Gasteiger partial charge on any atom is 0.282 e. The Hall–Kier alpha value is -5.67. The standard InChI is InChI=1S/C41H40ClN5O4/c1-7-50-38-20-26(4)36(22-35(38)25(2)3)40-45-37-11-9-8-10-34(37)41(49)47(40)43-23-29-21-27(5)46(28(29)6)32-16-18-33(19-17-32)51-24-39(48)44-31-14-12-30(42)13-15-31/h8-23,25H,7,24H2,1-6H3,(H,44,48). The van der Waals surface area contributed by atoms with Crippen molar-refractivity contribution < 1.29 is 14.3 Å². The van der Waals surface area contributed by atoms with Gasteiger partial charge in [0.25, 0.3) is 11.5 Å². The van der Waals surface area contributed by atoms with Gasteiger partial charge < -0.3 is 19.4 Å². The summed E-state index contributed by atoms with van der Waals surface area (Å²) in [4.78, 5) is 31.3. The number of amides is 1. The molecular formula is C41H40ClN5O4. The molecule has 0 aliphatic heterocycles. The number of hydrogen-bond acceptors (Lipinski definition) is 6. The molecule has 0 atom stereocenters. The molecule has 2 heterocycles. The molecule has 9 nitrogen and oxygen atoms in total. The third-order valence-corrected chi connectivity index (χ3v) is 8.90. The molecule has 0 spiro atoms. The van der Waals surface area contributed by atoms with Crippen LogP contribution >= 0.6 is 11.6 Å². The number of benzene rings is 4. The second-order valence-corrected chi connectivity index (χ2v) is 13.0. The minimum Gasteiger partial charge on any atom is -0.494 e. The molecule has 0 bridgehead atoms. The van der Waals surface area contributed by atoms with Gasteiger partial charge in [0.2, 0.25) is 0 Å². The van der Waals surface area contributed by atoms with Crippen LogP contribution in [0.3, 0.4) is 0 Å². The first-order chi connectivity index (χ1) is 24.5. The summed E-state index contributed by atoms with van der Waals surface area (Å²) in [6.45, 7) is 12.7. The molecule has 0 fully saturated rings. The normalized spacial score (nSPS) is 11.5. The first kappa shape index (κ1) is 35.2. The first-order valence-corrected chi connectivity index (χ1v) is 17.2. The first-order valence-electron chi connectivity index (χ1n) is 16.9. The number of aromatic nitrogens is 3. The number of fused-ring (bicyclic) bond motifs is 1. The highest BCUT2D eigenvalue weighted by atomic mass is 35.5. The van der Waals surface area contributed by atoms with Gasteiger partial charge in [-0.15, -0.1) is 0 Å². The summed E-state index contributed by atoms with van der Waals surface area (Å²) < 4.78 is 15.2. The Balaban J connectivity index is 1.29. The van der Waals surface area contributed by atoms with E-state index in [4.69, 9.17) is 31.2 Å². The Kier molecular flexibility index (Phi) is 10.4. The summed E-state index contributed by atoms with van der Waals surface area (Å²) in [5.41, 5.74) is 7.48. The minimum absolute atomic E-state index is 0.135. The van der Waals surface area contributed by atoms with Crippen molar-refractivity contribution >= 4 is 40.3 Å². The molecule has 6 rings (SSSR count). The zero-order valence-electron chi connectivity index (χ0n) is 29.5. The lowest BCUT2D eigenvalue weighted by atomic mass is 9.96. The molecule has 0 saturated heterocycles. The lowest BCUT2D eigenvalue weighted by Gasteiger charge is -2.18. The van der Waals surface area contributed by atoms with E-state index in [-0.39, 0.29) is 24.0 Å². The third kappa shape index (κ3) is 7.59. The number of carbonyl (C=O) groups excluding carboxylic acids is 1. The van der Waals surface area contributed by atoms with E-state index in [1.165, 1.54) is 4.68 Å². The summed E-state index contributed by atoms with van der Waals surface area (Å²) in [5, 5.41) is 8.66. The van der Waals surface area contributed by atoms with Gasteiger partial charge in [-0.3, -0.25) is 9.59 Å². The van der Waals surface area contributed by atoms with Crippen molar-refractivity contribution in [2.45, 2.75) is 47.5 Å². The van der Waals surface area contributed by atoms with Gasteiger partial charge in [0, 0.05) is 38.9 Å². The van der Waals surface area contributed by atoms with E-state index in [0.29, 0.717) is 39.8 Å². The summed E-state index contributed by atoms with van der Waals surface area (Å²) >= 11 is 5.92. The van der Waals surface area contributed by atoms with Crippen LogP contribution in [0.25, 0.3) is 28.0 Å². The Labute approximate surface area is 302 Å². The van der Waals surface area contributed by atoms with Crippen molar-refractivity contribution in [3.63, 3.8) is 0 Å². The third-order valence-electron chi connectivity index (χ3n) is 8.65. The second kappa shape index (κ2) is 15.1. The SMILES string of the molecule is CCOc1cc(C)c(-c2nc3ccccc3c(=O)n2N=Cc2cc(C)n(-c3ccc(OCC(=O)Nc4ccc(Cl)cc4)cc3)c2C)cc1C(C)C. The fraction of sp³-hybridized carbons (Fsp3) is 0.220. The number of nitrogens with zero attached hydrogens (tertiary/aromatic N) is 4. The number of ether oxygens (including phenoxy) is 2. The zero-order chi connectivity index (χ0) is 36.2. The predicted molar refractivity (Wildman–Crippen MR) is 205 cm³/mol. The van der Waals surface area contributed by atoms with Crippen molar-refractivity contribution in [1.82, 2.24) is 14.2 Å². The molecule has 2 aromatic heterocycles. The van der Waals surface area contributed by atoms with Crippen LogP contribution in [-0.2, 0) is 4.79 Å². The lowest BCUT2D eigenvalue weighted by Crippen LogP contribution is -2.21. The second-order valence-electron chi connectivity index (χ2n) is 12.6. The van der Waals surface area contributed by atoms with E-state index in [0.717, 1.165) is 45.1 Å². The Morgan fingerprint density at radius 1 is 0.961 bits per heavy atom. The van der Waals surface area contributed by atoms with Gasteiger partial charge in [-0.05, 0) is 124 Å². The number of aryl methyl sites for hydroxylation is 2. The number of hydrogen-bond donors (Lipinski definition) is 1. The average Bonchev–Trinajstić information content (AvgIpc) is 3.40. The number of anilines is 1. The monoisotopic (exact) mass is 701 g/mol. The smallest absolute Gasteiger partial charge is 0.282 e. The van der Waals surface area contributed by atoms with E-state index >= 15 is 0 Å². The summed E-state index contributed by atoms with van der Waals surface area (Å²) in [5.74, 6) is 1.78. The zero-order valence-corrected chi connectivity index (χ0v) is 30.3. The van der Waals surface area contributed by atoms with Crippen LogP contribution in [0, 0.1) is 20.8 Å². The largest absolute Gasteiger partial charge is 0.494 e. The van der Waals surface area contributed by atoms with Gasteiger partial charge in [-0.2, -0.15) is 9.78 Å². The van der Waals surface area contributed by atoms with Crippen LogP contribution in [0.5, 0.6) is 11.5 Å². The van der Waals surface area contributed by atoms with Crippen LogP contribution in [0.2, 0.25) is 5.02 Å². The summed E-state index contributed by atoms with van der Waals surface area (Å²) in [6.07, 6.45) is 1.71. The fourth-order valence-corrected chi connectivity index (χ4v) is 6.21. The van der Waals surface area contributed by atoms with Gasteiger partial charge >= 0.3 is 0 Å². The molecule has 0 aliphatic rings. The van der Waals surface area contributed by atoms with Gasteiger partial charge in [0.05, 0.1) is 23.7 Å². The topological polar surface area (TPSA) is 99.7 Å². The minimum atomic E-state index is -0.274. The summed E-state index contributed by atoms with van der Waals surface area (Å²) in [7, 11) is 0. The van der Waals surface area contributed by atoms with Crippen LogP contribution in [-0.4, -0.2) is 39.6 Å². The maximum absolute atomic E-state index is 14.0. The van der Waals surface area contributed by atoms with Gasteiger partial charge in [0.15, 0.2) is 12.4 Å². The van der Waals surface area contributed by atoms with Crippen LogP contribution < -0.4 is 20.3 Å². The van der Waals surface area contributed by atoms with Crippen molar-refractivity contribution in [1.29, 1.82) is 0 Å². The van der Waals surface area contributed by atoms with Crippen LogP contribution in [0.1, 0.15) is 54.8 Å². The number of carbonyl (C=O) groups is 1. The van der Waals surface area contributed by atoms with Crippen molar-refractivity contribution in [3.05, 3.63) is 134 Å². The number of rotatable bonds is 11. The molecule has 0 saturated carbocycles. The van der Waals surface area contributed by atoms with E-state index < -0.39 is 0 Å². The van der Waals surface area contributed by atoms with Crippen LogP contribution in [0.15, 0.2) is 101 Å². The maximum atomic E-state index is 14.0. The number of halogens is 1. The molecule has 0 radical (unpaired) electrons. The van der Waals surface area contributed by atoms with Gasteiger partial charge in [0.1, 0.15) is 11.5 Å². The molecular weight excluding hydrogens is 662 g/mol. The molecule has 51 heavy (non-hydrogen) atoms. The average molecular weight is 702 g/mol. The molecule has 10 heteroatoms. The van der Waals surface area contributed by atoms with Crippen molar-refractivity contribution in [2.75, 3.05) is 18.5 Å². The van der Waals surface area contributed by atoms with Crippen LogP contribution in [0.4, 0.5) is 5.69 Å². The van der Waals surface area contributed by atoms with Crippen molar-refractivity contribution in [3.8, 4) is 28.6 Å². The molecule has 0 unspecified atom stereocenters. The number of nitrogens with one attached hydrogen (secondary N) is 1. The Morgan fingerprint density at radius 3 is 2.39 bits per heavy atom. The molecule has 1 amide bonds. The van der Waals surface area contributed by atoms with Gasteiger partial charge in [-0.25, -0.2) is 4.98 Å². The molecule has 1 N–H and O–H groups in total. The van der Waals surface area contributed by atoms with E-state index in [1.54, 1.807) is 36.5 Å². The molecule has 260 valence electrons. The van der Waals surface area contributed by atoms with E-state index in [2.05, 4.69) is 29.8 Å². The molecule has 0 aliphatic carbocycles. The quantitative estimate of drug-likeness (QED) is 0.136. The fourth-order valence-electron chi connectivity index (χ4n) is 6.08. The van der Waals surface area contributed by atoms with E-state index in [9.17, 15) is 9.59 Å². The molecule has 6 aromatic rings. The highest BCUT2D eigenvalue weighted by Gasteiger charge is 2.19. The highest BCUT2D eigenvalue weighted by Crippen LogP contribution is 2.34. The van der Waals surface area contributed by atoms with Crippen molar-refractivity contribution in [2.24, 2.45) is 5.10 Å². The number of para-hydroxylation sites is 1. The summed E-state index contributed by atoms with van der Waals surface area (Å²) in [6, 6.07) is 27.9. The predicted octanol–water partition coefficient (Wildman–Crippen LogP) is 8.85. The highest BCUT2D eigenvalue weighted by molar-refractivity contribution is 6.30. The lowest BCUT2D eigenvalue weighted by molar-refractivity contribution is -0.118. The molecule has 4 aromatic carbocycles.